The lowest BCUT2D eigenvalue weighted by atomic mass is 10.2. The first-order chi connectivity index (χ1) is 8.99. The summed E-state index contributed by atoms with van der Waals surface area (Å²) in [6.07, 6.45) is 0. The number of phenolic OH excluding ortho intramolecular Hbond substituents is 1. The average Bonchev–Trinajstić information content (AvgIpc) is 2.40. The molecule has 0 aliphatic rings. The molecule has 0 radical (unpaired) electrons. The maximum Gasteiger partial charge on any atom is 0.369 e. The summed E-state index contributed by atoms with van der Waals surface area (Å²) in [5.74, 6) is -1.39. The molecule has 1 aromatic carbocycles. The second-order valence-electron chi connectivity index (χ2n) is 3.13. The van der Waals surface area contributed by atoms with Crippen LogP contribution in [0.5, 0.6) is 5.75 Å². The lowest BCUT2D eigenvalue weighted by molar-refractivity contribution is -0.384. The lowest BCUT2D eigenvalue weighted by Gasteiger charge is -2.03. The van der Waals surface area contributed by atoms with E-state index in [1.807, 2.05) is 0 Å². The van der Waals surface area contributed by atoms with Crippen molar-refractivity contribution in [2.24, 2.45) is 5.10 Å². The molecule has 9 nitrogen and oxygen atoms in total. The van der Waals surface area contributed by atoms with E-state index in [2.05, 4.69) is 15.3 Å². The molecule has 98 valence electrons. The number of hydrogen-bond acceptors (Lipinski definition) is 8. The number of hydrazone groups is 1. The first-order valence-corrected chi connectivity index (χ1v) is 4.79. The van der Waals surface area contributed by atoms with E-state index >= 15 is 0 Å². The standard InChI is InChI=1S/C10H8N4O5/c1-19-10(16)8(5-11)13-12-7-3-2-6(14(17)18)4-9(7)15/h2-4,12,15H,1H3/b13-8-. The number of nitrogens with zero attached hydrogens (tertiary/aromatic N) is 3. The highest BCUT2D eigenvalue weighted by atomic mass is 16.6. The van der Waals surface area contributed by atoms with Crippen LogP contribution in [0.4, 0.5) is 11.4 Å². The Morgan fingerprint density at radius 1 is 1.63 bits per heavy atom. The molecule has 1 aromatic rings. The number of phenols is 1. The Bertz CT molecular complexity index is 590. The smallest absolute Gasteiger partial charge is 0.369 e. The summed E-state index contributed by atoms with van der Waals surface area (Å²) in [6, 6.07) is 4.71. The van der Waals surface area contributed by atoms with Gasteiger partial charge in [0.1, 0.15) is 11.8 Å². The molecule has 0 heterocycles. The highest BCUT2D eigenvalue weighted by Crippen LogP contribution is 2.27. The molecule has 19 heavy (non-hydrogen) atoms. The number of carbonyl (C=O) groups excluding carboxylic acids is 1. The van der Waals surface area contributed by atoms with Crippen LogP contribution in [0, 0.1) is 21.4 Å². The predicted molar refractivity (Wildman–Crippen MR) is 63.4 cm³/mol. The molecule has 0 amide bonds. The molecule has 0 spiro atoms. The number of nitro groups is 1. The lowest BCUT2D eigenvalue weighted by Crippen LogP contribution is -2.15. The van der Waals surface area contributed by atoms with Crippen molar-refractivity contribution < 1.29 is 19.6 Å². The normalized spacial score (nSPS) is 10.4. The molecule has 0 aromatic heterocycles. The van der Waals surface area contributed by atoms with Crippen molar-refractivity contribution in [2.45, 2.75) is 0 Å². The van der Waals surface area contributed by atoms with E-state index < -0.39 is 22.4 Å². The molecule has 0 aliphatic carbocycles. The third kappa shape index (κ3) is 3.40. The molecule has 0 saturated carbocycles. The summed E-state index contributed by atoms with van der Waals surface area (Å²) in [5, 5.41) is 32.0. The molecule has 0 unspecified atom stereocenters. The first kappa shape index (κ1) is 13.9. The second kappa shape index (κ2) is 5.97. The number of anilines is 1. The van der Waals surface area contributed by atoms with Crippen LogP contribution in [0.2, 0.25) is 0 Å². The maximum absolute atomic E-state index is 11.0. The van der Waals surface area contributed by atoms with Crippen molar-refractivity contribution in [2.75, 3.05) is 12.5 Å². The van der Waals surface area contributed by atoms with Gasteiger partial charge in [0.2, 0.25) is 5.71 Å². The van der Waals surface area contributed by atoms with Gasteiger partial charge in [-0.05, 0) is 6.07 Å². The van der Waals surface area contributed by atoms with Gasteiger partial charge in [-0.2, -0.15) is 10.4 Å². The van der Waals surface area contributed by atoms with Crippen LogP contribution in [0.1, 0.15) is 0 Å². The summed E-state index contributed by atoms with van der Waals surface area (Å²) in [5.41, 5.74) is 1.38. The van der Waals surface area contributed by atoms with Crippen molar-refractivity contribution in [3.63, 3.8) is 0 Å². The highest BCUT2D eigenvalue weighted by Gasteiger charge is 2.12. The van der Waals surface area contributed by atoms with Crippen LogP contribution in [-0.2, 0) is 9.53 Å². The van der Waals surface area contributed by atoms with Gasteiger partial charge in [0.15, 0.2) is 0 Å². The van der Waals surface area contributed by atoms with Gasteiger partial charge in [-0.3, -0.25) is 15.5 Å². The van der Waals surface area contributed by atoms with Crippen LogP contribution in [0.25, 0.3) is 0 Å². The number of nitriles is 1. The van der Waals surface area contributed by atoms with E-state index in [9.17, 15) is 20.0 Å². The second-order valence-corrected chi connectivity index (χ2v) is 3.13. The Kier molecular flexibility index (Phi) is 4.37. The largest absolute Gasteiger partial charge is 0.505 e. The van der Waals surface area contributed by atoms with Gasteiger partial charge in [0.05, 0.1) is 23.8 Å². The fourth-order valence-corrected chi connectivity index (χ4v) is 1.06. The van der Waals surface area contributed by atoms with Crippen LogP contribution in [0.3, 0.4) is 0 Å². The van der Waals surface area contributed by atoms with Crippen LogP contribution < -0.4 is 5.43 Å². The summed E-state index contributed by atoms with van der Waals surface area (Å²) in [7, 11) is 1.08. The molecular formula is C10H8N4O5. The summed E-state index contributed by atoms with van der Waals surface area (Å²) in [6.45, 7) is 0. The van der Waals surface area contributed by atoms with Gasteiger partial charge >= 0.3 is 5.97 Å². The Balaban J connectivity index is 2.95. The van der Waals surface area contributed by atoms with Gasteiger partial charge in [0.25, 0.3) is 5.69 Å². The van der Waals surface area contributed by atoms with Gasteiger partial charge in [0, 0.05) is 6.07 Å². The minimum Gasteiger partial charge on any atom is -0.505 e. The topological polar surface area (TPSA) is 138 Å². The molecule has 0 fully saturated rings. The van der Waals surface area contributed by atoms with E-state index in [-0.39, 0.29) is 11.4 Å². The molecule has 1 rings (SSSR count). The van der Waals surface area contributed by atoms with E-state index in [0.717, 1.165) is 19.2 Å². The fraction of sp³-hybridized carbons (Fsp3) is 0.100. The van der Waals surface area contributed by atoms with Crippen molar-refractivity contribution in [3.8, 4) is 11.8 Å². The Labute approximate surface area is 106 Å². The average molecular weight is 264 g/mol. The number of benzene rings is 1. The third-order valence-electron chi connectivity index (χ3n) is 1.96. The number of aromatic hydroxyl groups is 1. The number of carbonyl (C=O) groups is 1. The minimum atomic E-state index is -0.948. The van der Waals surface area contributed by atoms with E-state index in [1.54, 1.807) is 0 Å². The molecule has 9 heteroatoms. The molecular weight excluding hydrogens is 256 g/mol. The quantitative estimate of drug-likeness (QED) is 0.269. The minimum absolute atomic E-state index is 0.00209. The number of rotatable bonds is 4. The molecule has 2 N–H and O–H groups in total. The van der Waals surface area contributed by atoms with Crippen LogP contribution >= 0.6 is 0 Å². The van der Waals surface area contributed by atoms with E-state index in [1.165, 1.54) is 12.1 Å². The molecule has 0 saturated heterocycles. The SMILES string of the molecule is COC(=O)/C(C#N)=N\Nc1ccc([N+](=O)[O-])cc1O. The Morgan fingerprint density at radius 2 is 2.32 bits per heavy atom. The number of hydrogen-bond donors (Lipinski definition) is 2. The van der Waals surface area contributed by atoms with E-state index in [0.29, 0.717) is 0 Å². The van der Waals surface area contributed by atoms with Crippen molar-refractivity contribution in [1.29, 1.82) is 5.26 Å². The monoisotopic (exact) mass is 264 g/mol. The third-order valence-corrected chi connectivity index (χ3v) is 1.96. The molecule has 0 bridgehead atoms. The number of nitro benzene ring substituents is 1. The van der Waals surface area contributed by atoms with Gasteiger partial charge in [-0.25, -0.2) is 4.79 Å². The zero-order valence-corrected chi connectivity index (χ0v) is 9.65. The highest BCUT2D eigenvalue weighted by molar-refractivity contribution is 6.43. The zero-order chi connectivity index (χ0) is 14.4. The molecule has 0 aliphatic heterocycles. The van der Waals surface area contributed by atoms with Crippen LogP contribution in [0.15, 0.2) is 23.3 Å². The molecule has 0 atom stereocenters. The summed E-state index contributed by atoms with van der Waals surface area (Å²) < 4.78 is 4.29. The first-order valence-electron chi connectivity index (χ1n) is 4.79. The predicted octanol–water partition coefficient (Wildman–Crippen LogP) is 0.765. The summed E-state index contributed by atoms with van der Waals surface area (Å²) in [4.78, 5) is 20.8. The van der Waals surface area contributed by atoms with Crippen LogP contribution in [-0.4, -0.2) is 28.8 Å². The fourth-order valence-electron chi connectivity index (χ4n) is 1.06. The van der Waals surface area contributed by atoms with Gasteiger partial charge in [-0.15, -0.1) is 0 Å². The number of ether oxygens (including phenoxy) is 1. The number of methoxy groups -OCH3 is 1. The van der Waals surface area contributed by atoms with E-state index in [4.69, 9.17) is 5.26 Å². The zero-order valence-electron chi connectivity index (χ0n) is 9.65. The van der Waals surface area contributed by atoms with Crippen molar-refractivity contribution >= 4 is 23.1 Å². The number of non-ortho nitro benzene ring substituents is 1. The maximum atomic E-state index is 11.0. The Morgan fingerprint density at radius 3 is 2.79 bits per heavy atom. The summed E-state index contributed by atoms with van der Waals surface area (Å²) >= 11 is 0. The Hall–Kier alpha value is -3.15. The van der Waals surface area contributed by atoms with Crippen molar-refractivity contribution in [3.05, 3.63) is 28.3 Å². The van der Waals surface area contributed by atoms with Gasteiger partial charge < -0.3 is 9.84 Å². The number of esters is 1. The van der Waals surface area contributed by atoms with Crippen molar-refractivity contribution in [1.82, 2.24) is 0 Å². The number of nitrogens with one attached hydrogen (secondary N) is 1. The van der Waals surface area contributed by atoms with Gasteiger partial charge in [-0.1, -0.05) is 0 Å².